The van der Waals surface area contributed by atoms with Gasteiger partial charge < -0.3 is 15.8 Å². The Morgan fingerprint density at radius 1 is 1.08 bits per heavy atom. The summed E-state index contributed by atoms with van der Waals surface area (Å²) in [4.78, 5) is 31.4. The Labute approximate surface area is 200 Å². The summed E-state index contributed by atoms with van der Waals surface area (Å²) in [6.45, 7) is 0. The first kappa shape index (κ1) is 24.3. The number of hydrogen-bond donors (Lipinski definition) is 2. The van der Waals surface area contributed by atoms with Crippen LogP contribution in [-0.4, -0.2) is 31.6 Å². The Kier molecular flexibility index (Phi) is 6.63. The van der Waals surface area contributed by atoms with Crippen LogP contribution in [0, 0.1) is 5.82 Å². The van der Waals surface area contributed by atoms with Gasteiger partial charge in [0, 0.05) is 24.7 Å². The average molecular weight is 500 g/mol. The summed E-state index contributed by atoms with van der Waals surface area (Å²) in [7, 11) is 0. The summed E-state index contributed by atoms with van der Waals surface area (Å²) >= 11 is 0. The van der Waals surface area contributed by atoms with Crippen LogP contribution < -0.4 is 15.8 Å². The smallest absolute Gasteiger partial charge is 0.417 e. The molecule has 0 radical (unpaired) electrons. The summed E-state index contributed by atoms with van der Waals surface area (Å²) in [5, 5.41) is 6.57. The summed E-state index contributed by atoms with van der Waals surface area (Å²) in [5.74, 6) is -2.24. The predicted octanol–water partition coefficient (Wildman–Crippen LogP) is 3.89. The van der Waals surface area contributed by atoms with Crippen LogP contribution in [0.4, 0.5) is 23.4 Å². The van der Waals surface area contributed by atoms with Crippen molar-refractivity contribution in [2.45, 2.75) is 12.6 Å². The molecule has 2 amide bonds. The van der Waals surface area contributed by atoms with Gasteiger partial charge in [0.1, 0.15) is 5.56 Å². The second-order valence-electron chi connectivity index (χ2n) is 7.36. The molecule has 0 aliphatic rings. The molecule has 4 aromatic rings. The number of halogens is 4. The van der Waals surface area contributed by atoms with Gasteiger partial charge in [-0.25, -0.2) is 19.0 Å². The fraction of sp³-hybridized carbons (Fsp3) is 0.0870. The first-order chi connectivity index (χ1) is 17.1. The number of nitrogens with zero attached hydrogens (tertiary/aromatic N) is 4. The van der Waals surface area contributed by atoms with Gasteiger partial charge in [0.05, 0.1) is 12.0 Å². The van der Waals surface area contributed by atoms with E-state index < -0.39 is 29.4 Å². The second-order valence-corrected chi connectivity index (χ2v) is 7.36. The van der Waals surface area contributed by atoms with Crippen molar-refractivity contribution in [3.05, 3.63) is 89.6 Å². The highest BCUT2D eigenvalue weighted by Gasteiger charge is 2.30. The zero-order valence-corrected chi connectivity index (χ0v) is 18.2. The molecule has 1 aromatic carbocycles. The van der Waals surface area contributed by atoms with E-state index in [0.717, 1.165) is 18.2 Å². The van der Waals surface area contributed by atoms with E-state index in [4.69, 9.17) is 10.5 Å². The largest absolute Gasteiger partial charge is 0.435 e. The number of carbonyl (C=O) groups excluding carboxylic acids is 2. The van der Waals surface area contributed by atoms with Crippen molar-refractivity contribution in [1.82, 2.24) is 19.7 Å². The quantitative estimate of drug-likeness (QED) is 0.371. The second kappa shape index (κ2) is 9.82. The number of alkyl halides is 3. The van der Waals surface area contributed by atoms with E-state index in [-0.39, 0.29) is 35.2 Å². The minimum absolute atomic E-state index is 0.0220. The molecular weight excluding hydrogens is 484 g/mol. The molecule has 0 fully saturated rings. The normalized spacial score (nSPS) is 11.2. The molecule has 0 atom stereocenters. The number of nitrogens with two attached hydrogens (primary N) is 1. The molecule has 36 heavy (non-hydrogen) atoms. The molecule has 0 unspecified atom stereocenters. The number of nitrogens with one attached hydrogen (secondary N) is 1. The molecule has 3 aromatic heterocycles. The van der Waals surface area contributed by atoms with Crippen molar-refractivity contribution in [1.29, 1.82) is 0 Å². The van der Waals surface area contributed by atoms with Crippen molar-refractivity contribution in [2.24, 2.45) is 5.73 Å². The number of rotatable bonds is 7. The Hall–Kier alpha value is -4.81. The van der Waals surface area contributed by atoms with Crippen molar-refractivity contribution in [3.63, 3.8) is 0 Å². The van der Waals surface area contributed by atoms with Crippen molar-refractivity contribution in [2.75, 3.05) is 5.32 Å². The third kappa shape index (κ3) is 5.63. The van der Waals surface area contributed by atoms with Crippen LogP contribution in [0.5, 0.6) is 11.6 Å². The van der Waals surface area contributed by atoms with E-state index >= 15 is 0 Å². The van der Waals surface area contributed by atoms with Gasteiger partial charge in [0.2, 0.25) is 11.8 Å². The molecule has 3 heterocycles. The monoisotopic (exact) mass is 500 g/mol. The highest BCUT2D eigenvalue weighted by atomic mass is 19.4. The number of aromatic nitrogens is 4. The van der Waals surface area contributed by atoms with E-state index in [1.54, 1.807) is 0 Å². The van der Waals surface area contributed by atoms with Crippen LogP contribution >= 0.6 is 0 Å². The SMILES string of the molecule is NC(=O)c1cccnc1Oc1ccc(CC(=O)Nc2ccn(-c3ccc(C(F)(F)F)cn3)n2)cc1F. The van der Waals surface area contributed by atoms with Crippen LogP contribution in [0.15, 0.2) is 67.1 Å². The van der Waals surface area contributed by atoms with E-state index in [1.807, 2.05) is 0 Å². The molecule has 0 aliphatic heterocycles. The minimum atomic E-state index is -4.51. The van der Waals surface area contributed by atoms with Crippen molar-refractivity contribution in [3.8, 4) is 17.4 Å². The fourth-order valence-electron chi connectivity index (χ4n) is 3.08. The number of hydrogen-bond acceptors (Lipinski definition) is 6. The maximum Gasteiger partial charge on any atom is 0.417 e. The molecule has 0 saturated heterocycles. The first-order valence-corrected chi connectivity index (χ1v) is 10.2. The van der Waals surface area contributed by atoms with E-state index in [0.29, 0.717) is 11.8 Å². The molecule has 0 saturated carbocycles. The van der Waals surface area contributed by atoms with Gasteiger partial charge >= 0.3 is 6.18 Å². The average Bonchev–Trinajstić information content (AvgIpc) is 3.29. The van der Waals surface area contributed by atoms with Crippen LogP contribution in [0.3, 0.4) is 0 Å². The molecule has 3 N–H and O–H groups in total. The molecule has 0 aliphatic carbocycles. The Bertz CT molecular complexity index is 1420. The van der Waals surface area contributed by atoms with E-state index in [1.165, 1.54) is 47.4 Å². The first-order valence-electron chi connectivity index (χ1n) is 10.2. The molecule has 4 rings (SSSR count). The summed E-state index contributed by atoms with van der Waals surface area (Å²) in [6, 6.07) is 10.1. The molecule has 184 valence electrons. The third-order valence-corrected chi connectivity index (χ3v) is 4.77. The molecule has 0 bridgehead atoms. The standard InChI is InChI=1S/C23H16F4N6O3/c24-16-10-13(3-5-17(16)36-22-15(21(28)35)2-1-8-29-22)11-20(34)31-18-7-9-33(32-18)19-6-4-14(12-30-19)23(25,26)27/h1-10,12H,11H2,(H2,28,35)(H,31,32,34). The van der Waals surface area contributed by atoms with Crippen LogP contribution in [0.2, 0.25) is 0 Å². The number of ether oxygens (including phenoxy) is 1. The van der Waals surface area contributed by atoms with Gasteiger partial charge in [-0.3, -0.25) is 9.59 Å². The summed E-state index contributed by atoms with van der Waals surface area (Å²) in [5.41, 5.74) is 4.65. The molecule has 9 nitrogen and oxygen atoms in total. The highest BCUT2D eigenvalue weighted by Crippen LogP contribution is 2.29. The molecule has 0 spiro atoms. The van der Waals surface area contributed by atoms with Gasteiger partial charge in [-0.15, -0.1) is 5.10 Å². The number of amides is 2. The number of anilines is 1. The Morgan fingerprint density at radius 3 is 2.56 bits per heavy atom. The fourth-order valence-corrected chi connectivity index (χ4v) is 3.08. The lowest BCUT2D eigenvalue weighted by atomic mass is 10.1. The van der Waals surface area contributed by atoms with Gasteiger partial charge in [0.25, 0.3) is 5.91 Å². The maximum atomic E-state index is 14.5. The summed E-state index contributed by atoms with van der Waals surface area (Å²) < 4.78 is 59.1. The number of primary amides is 1. The highest BCUT2D eigenvalue weighted by molar-refractivity contribution is 5.95. The summed E-state index contributed by atoms with van der Waals surface area (Å²) in [6.07, 6.45) is -1.27. The van der Waals surface area contributed by atoms with Crippen molar-refractivity contribution < 1.29 is 31.9 Å². The van der Waals surface area contributed by atoms with E-state index in [2.05, 4.69) is 20.4 Å². The molecular formula is C23H16F4N6O3. The maximum absolute atomic E-state index is 14.5. The third-order valence-electron chi connectivity index (χ3n) is 4.77. The number of pyridine rings is 2. The van der Waals surface area contributed by atoms with Gasteiger partial charge in [0.15, 0.2) is 23.2 Å². The minimum Gasteiger partial charge on any atom is -0.435 e. The number of carbonyl (C=O) groups is 2. The topological polar surface area (TPSA) is 125 Å². The number of benzene rings is 1. The lowest BCUT2D eigenvalue weighted by Crippen LogP contribution is -2.15. The Balaban J connectivity index is 1.39. The van der Waals surface area contributed by atoms with Crippen LogP contribution in [-0.2, 0) is 17.4 Å². The zero-order valence-electron chi connectivity index (χ0n) is 18.2. The predicted molar refractivity (Wildman–Crippen MR) is 118 cm³/mol. The lowest BCUT2D eigenvalue weighted by molar-refractivity contribution is -0.137. The van der Waals surface area contributed by atoms with Crippen molar-refractivity contribution >= 4 is 17.6 Å². The lowest BCUT2D eigenvalue weighted by Gasteiger charge is -2.10. The van der Waals surface area contributed by atoms with E-state index in [9.17, 15) is 27.2 Å². The Morgan fingerprint density at radius 2 is 1.89 bits per heavy atom. The molecule has 13 heteroatoms. The van der Waals surface area contributed by atoms with Gasteiger partial charge in [-0.05, 0) is 42.0 Å². The zero-order chi connectivity index (χ0) is 25.9. The van der Waals surface area contributed by atoms with Crippen LogP contribution in [0.25, 0.3) is 5.82 Å². The van der Waals surface area contributed by atoms with Gasteiger partial charge in [-0.2, -0.15) is 13.2 Å². The van der Waals surface area contributed by atoms with Gasteiger partial charge in [-0.1, -0.05) is 6.07 Å². The van der Waals surface area contributed by atoms with Crippen LogP contribution in [0.1, 0.15) is 21.5 Å².